The molecule has 3 heterocycles. The molecule has 0 aliphatic carbocycles. The second-order valence-electron chi connectivity index (χ2n) is 11.3. The summed E-state index contributed by atoms with van der Waals surface area (Å²) < 4.78 is 12.2. The number of hydrogen-bond acceptors (Lipinski definition) is 7. The highest BCUT2D eigenvalue weighted by molar-refractivity contribution is 6.05. The predicted molar refractivity (Wildman–Crippen MR) is 154 cm³/mol. The fourth-order valence-electron chi connectivity index (χ4n) is 7.14. The van der Waals surface area contributed by atoms with Crippen LogP contribution in [-0.4, -0.2) is 83.9 Å². The van der Waals surface area contributed by atoms with Crippen molar-refractivity contribution < 1.29 is 29.0 Å². The van der Waals surface area contributed by atoms with Crippen molar-refractivity contribution in [3.8, 4) is 0 Å². The molecule has 9 heteroatoms. The summed E-state index contributed by atoms with van der Waals surface area (Å²) in [6, 6.07) is 6.06. The van der Waals surface area contributed by atoms with Crippen LogP contribution in [0.5, 0.6) is 0 Å². The maximum Gasteiger partial charge on any atom is 0.313 e. The van der Waals surface area contributed by atoms with E-state index in [0.717, 1.165) is 18.8 Å². The van der Waals surface area contributed by atoms with Crippen LogP contribution in [0.1, 0.15) is 41.0 Å². The summed E-state index contributed by atoms with van der Waals surface area (Å²) in [6.07, 6.45) is 3.56. The second-order valence-corrected chi connectivity index (χ2v) is 11.3. The van der Waals surface area contributed by atoms with Gasteiger partial charge in [0.1, 0.15) is 24.2 Å². The molecule has 7 atom stereocenters. The number of likely N-dealkylation sites (tertiary alicyclic amines) is 1. The number of amides is 2. The topological polar surface area (TPSA) is 99.6 Å². The summed E-state index contributed by atoms with van der Waals surface area (Å²) in [7, 11) is 0. The van der Waals surface area contributed by atoms with Gasteiger partial charge in [-0.25, -0.2) is 0 Å². The van der Waals surface area contributed by atoms with Crippen LogP contribution in [-0.2, 0) is 23.9 Å². The smallest absolute Gasteiger partial charge is 0.313 e. The number of aliphatic hydroxyl groups excluding tert-OH is 1. The number of fused-ring (bicyclic) bond motifs is 1. The zero-order chi connectivity index (χ0) is 29.4. The van der Waals surface area contributed by atoms with Crippen molar-refractivity contribution in [3.05, 3.63) is 49.6 Å². The Kier molecular flexibility index (Phi) is 8.47. The van der Waals surface area contributed by atoms with Crippen LogP contribution in [0, 0.1) is 17.8 Å². The van der Waals surface area contributed by atoms with Crippen LogP contribution in [0.2, 0.25) is 0 Å². The first-order valence-corrected chi connectivity index (χ1v) is 14.2. The Hall–Kier alpha value is -3.17. The van der Waals surface area contributed by atoms with Crippen molar-refractivity contribution in [2.45, 2.75) is 64.3 Å². The summed E-state index contributed by atoms with van der Waals surface area (Å²) in [5, 5.41) is 10.1. The molecule has 1 N–H and O–H groups in total. The van der Waals surface area contributed by atoms with Crippen molar-refractivity contribution in [3.63, 3.8) is 0 Å². The van der Waals surface area contributed by atoms with Crippen LogP contribution in [0.3, 0.4) is 0 Å². The monoisotopic (exact) mass is 553 g/mol. The zero-order valence-corrected chi connectivity index (χ0v) is 24.3. The Labute approximate surface area is 237 Å². The lowest BCUT2D eigenvalue weighted by molar-refractivity contribution is -0.161. The highest BCUT2D eigenvalue weighted by Gasteiger charge is 2.80. The Morgan fingerprint density at radius 3 is 2.38 bits per heavy atom. The van der Waals surface area contributed by atoms with Gasteiger partial charge in [-0.3, -0.25) is 14.4 Å². The Balaban J connectivity index is 1.79. The lowest BCUT2D eigenvalue weighted by Gasteiger charge is -2.38. The maximum absolute atomic E-state index is 14.6. The van der Waals surface area contributed by atoms with E-state index in [1.54, 1.807) is 17.9 Å². The number of esters is 1. The molecule has 3 aliphatic heterocycles. The molecule has 2 bridgehead atoms. The molecule has 218 valence electrons. The van der Waals surface area contributed by atoms with Gasteiger partial charge in [0, 0.05) is 31.0 Å². The van der Waals surface area contributed by atoms with Crippen LogP contribution < -0.4 is 9.80 Å². The number of carbonyl (C=O) groups is 3. The molecule has 3 saturated heterocycles. The molecule has 1 aromatic carbocycles. The van der Waals surface area contributed by atoms with Gasteiger partial charge in [0.25, 0.3) is 5.91 Å². The van der Waals surface area contributed by atoms with E-state index in [1.807, 2.05) is 38.1 Å². The highest BCUT2D eigenvalue weighted by atomic mass is 16.6. The molecule has 4 rings (SSSR count). The molecule has 3 unspecified atom stereocenters. The molecule has 1 spiro atoms. The SMILES string of the molecule is C=CCOC(=O)[C@H]1[C@H]2C(=O)N([C@H](C)CO)C(C(=O)N(CC=C)c3ccc(N(CC)CC)cc3)C23CC(C)[C@]1(C)O3. The molecule has 1 aromatic rings. The van der Waals surface area contributed by atoms with Crippen LogP contribution in [0.15, 0.2) is 49.6 Å². The highest BCUT2D eigenvalue weighted by Crippen LogP contribution is 2.65. The number of aliphatic hydroxyl groups is 1. The minimum Gasteiger partial charge on any atom is -0.461 e. The quantitative estimate of drug-likeness (QED) is 0.314. The van der Waals surface area contributed by atoms with Crippen molar-refractivity contribution in [2.75, 3.05) is 42.6 Å². The molecule has 9 nitrogen and oxygen atoms in total. The van der Waals surface area contributed by atoms with E-state index in [-0.39, 0.29) is 37.5 Å². The Morgan fingerprint density at radius 1 is 1.20 bits per heavy atom. The molecule has 2 amide bonds. The third-order valence-electron chi connectivity index (χ3n) is 9.19. The van der Waals surface area contributed by atoms with Gasteiger partial charge in [-0.1, -0.05) is 25.7 Å². The molecule has 40 heavy (non-hydrogen) atoms. The lowest BCUT2D eigenvalue weighted by atomic mass is 9.62. The third kappa shape index (κ3) is 4.43. The van der Waals surface area contributed by atoms with E-state index in [2.05, 4.69) is 31.9 Å². The van der Waals surface area contributed by atoms with Crippen molar-refractivity contribution in [2.24, 2.45) is 17.8 Å². The summed E-state index contributed by atoms with van der Waals surface area (Å²) >= 11 is 0. The third-order valence-corrected chi connectivity index (χ3v) is 9.19. The zero-order valence-electron chi connectivity index (χ0n) is 24.3. The van der Waals surface area contributed by atoms with E-state index in [0.29, 0.717) is 12.1 Å². The number of ether oxygens (including phenoxy) is 2. The summed E-state index contributed by atoms with van der Waals surface area (Å²) in [4.78, 5) is 47.4. The van der Waals surface area contributed by atoms with E-state index >= 15 is 0 Å². The van der Waals surface area contributed by atoms with E-state index in [9.17, 15) is 19.5 Å². The fourth-order valence-corrected chi connectivity index (χ4v) is 7.14. The number of rotatable bonds is 12. The largest absolute Gasteiger partial charge is 0.461 e. The van der Waals surface area contributed by atoms with Gasteiger partial charge in [0.2, 0.25) is 5.91 Å². The van der Waals surface area contributed by atoms with Crippen LogP contribution in [0.4, 0.5) is 11.4 Å². The molecule has 3 fully saturated rings. The number of benzene rings is 1. The minimum absolute atomic E-state index is 0.0173. The number of carbonyl (C=O) groups excluding carboxylic acids is 3. The first-order chi connectivity index (χ1) is 19.1. The van der Waals surface area contributed by atoms with Crippen molar-refractivity contribution in [1.29, 1.82) is 0 Å². The normalized spacial score (nSPS) is 31.1. The first-order valence-electron chi connectivity index (χ1n) is 14.2. The van der Waals surface area contributed by atoms with E-state index < -0.39 is 41.1 Å². The number of nitrogens with zero attached hydrogens (tertiary/aromatic N) is 3. The standard InChI is InChI=1S/C31H43N3O6/c1-8-16-33(23-14-12-22(13-15-23)32(10-3)11-4)28(37)26-31-18-20(5)30(7,40-31)25(29(38)39-17-9-2)24(31)27(36)34(26)21(6)19-35/h8-9,12-15,20-21,24-26,35H,1-2,10-11,16-19H2,3-7H3/t20?,21-,24+,25-,26?,30+,31?/m1/s1. The molecular weight excluding hydrogens is 510 g/mol. The number of hydrogen-bond donors (Lipinski definition) is 1. The van der Waals surface area contributed by atoms with Gasteiger partial charge in [-0.05, 0) is 64.3 Å². The Morgan fingerprint density at radius 2 is 1.82 bits per heavy atom. The predicted octanol–water partition coefficient (Wildman–Crippen LogP) is 3.17. The minimum atomic E-state index is -1.23. The average molecular weight is 554 g/mol. The van der Waals surface area contributed by atoms with Gasteiger partial charge in [-0.2, -0.15) is 0 Å². The van der Waals surface area contributed by atoms with E-state index in [1.165, 1.54) is 11.0 Å². The average Bonchev–Trinajstić information content (AvgIpc) is 3.47. The fraction of sp³-hybridized carbons (Fsp3) is 0.581. The van der Waals surface area contributed by atoms with E-state index in [4.69, 9.17) is 9.47 Å². The maximum atomic E-state index is 14.6. The molecule has 3 aliphatic rings. The first kappa shape index (κ1) is 29.8. The summed E-state index contributed by atoms with van der Waals surface area (Å²) in [5.74, 6) is -3.12. The van der Waals surface area contributed by atoms with Crippen LogP contribution >= 0.6 is 0 Å². The van der Waals surface area contributed by atoms with Gasteiger partial charge in [-0.15, -0.1) is 6.58 Å². The second kappa shape index (κ2) is 11.4. The van der Waals surface area contributed by atoms with Crippen molar-refractivity contribution >= 4 is 29.2 Å². The van der Waals surface area contributed by atoms with Gasteiger partial charge in [0.15, 0.2) is 0 Å². The summed E-state index contributed by atoms with van der Waals surface area (Å²) in [6.45, 7) is 18.8. The van der Waals surface area contributed by atoms with Crippen molar-refractivity contribution in [1.82, 2.24) is 4.90 Å². The molecular formula is C31H43N3O6. The Bertz CT molecular complexity index is 1150. The van der Waals surface area contributed by atoms with Gasteiger partial charge >= 0.3 is 5.97 Å². The molecule has 0 saturated carbocycles. The van der Waals surface area contributed by atoms with Gasteiger partial charge < -0.3 is 29.3 Å². The molecule has 0 aromatic heterocycles. The van der Waals surface area contributed by atoms with Gasteiger partial charge in [0.05, 0.1) is 24.2 Å². The lowest BCUT2D eigenvalue weighted by Crippen LogP contribution is -2.58. The molecule has 0 radical (unpaired) electrons. The van der Waals surface area contributed by atoms with Crippen LogP contribution in [0.25, 0.3) is 0 Å². The summed E-state index contributed by atoms with van der Waals surface area (Å²) in [5.41, 5.74) is -0.492. The number of anilines is 2.